The van der Waals surface area contributed by atoms with Gasteiger partial charge in [0.25, 0.3) is 0 Å². The van der Waals surface area contributed by atoms with E-state index in [0.717, 1.165) is 70.5 Å². The molecule has 0 saturated carbocycles. The number of nitrogens with zero attached hydrogens (tertiary/aromatic N) is 4. The molecule has 2 aliphatic heterocycles. The number of aromatic nitrogens is 3. The zero-order valence-corrected chi connectivity index (χ0v) is 17.4. The highest BCUT2D eigenvalue weighted by Crippen LogP contribution is 2.22. The largest absolute Gasteiger partial charge is 0.345 e. The Morgan fingerprint density at radius 1 is 1.07 bits per heavy atom. The molecule has 1 fully saturated rings. The van der Waals surface area contributed by atoms with E-state index in [9.17, 15) is 14.0 Å². The summed E-state index contributed by atoms with van der Waals surface area (Å²) in [4.78, 5) is 27.3. The van der Waals surface area contributed by atoms with Crippen molar-refractivity contribution in [3.8, 4) is 0 Å². The zero-order chi connectivity index (χ0) is 19.5. The predicted octanol–water partition coefficient (Wildman–Crippen LogP) is 2.93. The van der Waals surface area contributed by atoms with Crippen LogP contribution in [-0.4, -0.2) is 44.7 Å². The van der Waals surface area contributed by atoms with Gasteiger partial charge in [-0.05, 0) is 76.0 Å². The van der Waals surface area contributed by atoms with Gasteiger partial charge < -0.3 is 4.90 Å². The monoisotopic (exact) mass is 422 g/mol. The van der Waals surface area contributed by atoms with E-state index in [1.54, 1.807) is 16.8 Å². The summed E-state index contributed by atoms with van der Waals surface area (Å²) in [6, 6.07) is 5.84. The van der Waals surface area contributed by atoms with Crippen LogP contribution in [0.4, 0.5) is 4.39 Å². The van der Waals surface area contributed by atoms with Gasteiger partial charge in [0.1, 0.15) is 11.6 Å². The van der Waals surface area contributed by atoms with Crippen LogP contribution in [0.3, 0.4) is 0 Å². The summed E-state index contributed by atoms with van der Waals surface area (Å²) in [7, 11) is 0. The molecule has 158 valence electrons. The highest BCUT2D eigenvalue weighted by molar-refractivity contribution is 5.97. The van der Waals surface area contributed by atoms with Gasteiger partial charge in [-0.3, -0.25) is 9.36 Å². The van der Waals surface area contributed by atoms with Crippen molar-refractivity contribution in [1.82, 2.24) is 19.2 Å². The number of piperidine rings is 1. The molecular weight excluding hydrogens is 395 g/mol. The number of Topliss-reactive ketones (excluding diaryl/α,β-unsaturated/α-hetero) is 1. The molecule has 0 amide bonds. The van der Waals surface area contributed by atoms with Crippen LogP contribution in [0.1, 0.15) is 48.3 Å². The molecule has 0 N–H and O–H groups in total. The van der Waals surface area contributed by atoms with Crippen LogP contribution >= 0.6 is 12.4 Å². The van der Waals surface area contributed by atoms with Crippen molar-refractivity contribution in [2.75, 3.05) is 19.6 Å². The summed E-state index contributed by atoms with van der Waals surface area (Å²) in [5, 5.41) is 4.49. The van der Waals surface area contributed by atoms with Gasteiger partial charge in [0.2, 0.25) is 0 Å². The Labute approximate surface area is 176 Å². The van der Waals surface area contributed by atoms with Crippen LogP contribution in [0.15, 0.2) is 29.1 Å². The van der Waals surface area contributed by atoms with E-state index in [0.29, 0.717) is 12.1 Å². The van der Waals surface area contributed by atoms with Crippen LogP contribution < -0.4 is 5.69 Å². The Hall–Kier alpha value is -1.99. The zero-order valence-electron chi connectivity index (χ0n) is 16.6. The highest BCUT2D eigenvalue weighted by Gasteiger charge is 2.25. The summed E-state index contributed by atoms with van der Waals surface area (Å²) < 4.78 is 16.5. The number of carbonyl (C=O) groups excluding carboxylic acids is 1. The van der Waals surface area contributed by atoms with Gasteiger partial charge in [0.15, 0.2) is 5.78 Å². The van der Waals surface area contributed by atoms with E-state index in [-0.39, 0.29) is 35.6 Å². The second kappa shape index (κ2) is 9.67. The van der Waals surface area contributed by atoms with Gasteiger partial charge in [0, 0.05) is 31.0 Å². The van der Waals surface area contributed by atoms with Crippen molar-refractivity contribution >= 4 is 18.2 Å². The van der Waals surface area contributed by atoms with Crippen LogP contribution in [0.2, 0.25) is 0 Å². The van der Waals surface area contributed by atoms with Crippen molar-refractivity contribution in [3.05, 3.63) is 52.0 Å². The molecule has 4 rings (SSSR count). The Morgan fingerprint density at radius 2 is 1.79 bits per heavy atom. The number of aryl methyl sites for hydroxylation is 2. The van der Waals surface area contributed by atoms with Crippen LogP contribution in [0, 0.1) is 11.7 Å². The Balaban J connectivity index is 0.00000240. The molecule has 3 heterocycles. The molecule has 6 nitrogen and oxygen atoms in total. The number of benzene rings is 1. The van der Waals surface area contributed by atoms with Crippen molar-refractivity contribution in [1.29, 1.82) is 0 Å². The summed E-state index contributed by atoms with van der Waals surface area (Å²) in [5.74, 6) is 0.749. The summed E-state index contributed by atoms with van der Waals surface area (Å²) >= 11 is 0. The molecule has 2 aromatic rings. The fourth-order valence-corrected chi connectivity index (χ4v) is 4.31. The van der Waals surface area contributed by atoms with E-state index in [4.69, 9.17) is 0 Å². The van der Waals surface area contributed by atoms with Crippen LogP contribution in [0.5, 0.6) is 0 Å². The fraction of sp³-hybridized carbons (Fsp3) is 0.571. The standard InChI is InChI=1S/C21H27FN4O2.ClH/c22-18-7-5-16(6-8-18)20(27)17-9-14-24(15-10-17)11-3-13-26-21(28)25-12-2-1-4-19(25)23-26;/h5-8,17H,1-4,9-15H2;1H. The molecule has 1 aromatic carbocycles. The molecule has 29 heavy (non-hydrogen) atoms. The van der Waals surface area contributed by atoms with E-state index in [1.807, 2.05) is 4.57 Å². The topological polar surface area (TPSA) is 60.1 Å². The Kier molecular flexibility index (Phi) is 7.24. The number of fused-ring (bicyclic) bond motifs is 1. The fourth-order valence-electron chi connectivity index (χ4n) is 4.31. The lowest BCUT2D eigenvalue weighted by atomic mass is 9.89. The van der Waals surface area contributed by atoms with Crippen LogP contribution in [0.25, 0.3) is 0 Å². The van der Waals surface area contributed by atoms with Crippen molar-refractivity contribution in [2.45, 2.75) is 51.6 Å². The van der Waals surface area contributed by atoms with Gasteiger partial charge in [-0.15, -0.1) is 12.4 Å². The molecule has 0 atom stereocenters. The first-order valence-corrected chi connectivity index (χ1v) is 10.3. The SMILES string of the molecule is Cl.O=C(c1ccc(F)cc1)C1CCN(CCCn2nc3n(c2=O)CCCC3)CC1. The molecule has 0 radical (unpaired) electrons. The second-order valence-corrected chi connectivity index (χ2v) is 7.87. The molecule has 0 bridgehead atoms. The lowest BCUT2D eigenvalue weighted by molar-refractivity contribution is 0.0838. The van der Waals surface area contributed by atoms with Crippen molar-refractivity contribution in [3.63, 3.8) is 0 Å². The number of hydrogen-bond acceptors (Lipinski definition) is 4. The number of hydrogen-bond donors (Lipinski definition) is 0. The average molecular weight is 423 g/mol. The first kappa shape index (κ1) is 21.7. The number of carbonyl (C=O) groups is 1. The first-order chi connectivity index (χ1) is 13.6. The molecule has 1 saturated heterocycles. The average Bonchev–Trinajstić information content (AvgIpc) is 3.05. The molecule has 1 aromatic heterocycles. The smallest absolute Gasteiger partial charge is 0.303 e. The molecule has 0 aliphatic carbocycles. The van der Waals surface area contributed by atoms with Gasteiger partial charge in [-0.1, -0.05) is 0 Å². The molecule has 0 unspecified atom stereocenters. The predicted molar refractivity (Wildman–Crippen MR) is 111 cm³/mol. The van der Waals surface area contributed by atoms with Crippen molar-refractivity contribution in [2.24, 2.45) is 5.92 Å². The maximum atomic E-state index is 13.0. The lowest BCUT2D eigenvalue weighted by Crippen LogP contribution is -2.37. The van der Waals surface area contributed by atoms with E-state index in [2.05, 4.69) is 10.00 Å². The number of halogens is 2. The maximum absolute atomic E-state index is 13.0. The summed E-state index contributed by atoms with van der Waals surface area (Å²) in [5.41, 5.74) is 0.626. The van der Waals surface area contributed by atoms with E-state index in [1.165, 1.54) is 12.1 Å². The van der Waals surface area contributed by atoms with Gasteiger partial charge >= 0.3 is 5.69 Å². The third kappa shape index (κ3) is 4.95. The van der Waals surface area contributed by atoms with Gasteiger partial charge in [-0.25, -0.2) is 13.9 Å². The molecular formula is C21H28ClFN4O2. The van der Waals surface area contributed by atoms with Gasteiger partial charge in [-0.2, -0.15) is 5.10 Å². The minimum atomic E-state index is -0.316. The second-order valence-electron chi connectivity index (χ2n) is 7.87. The maximum Gasteiger partial charge on any atom is 0.345 e. The minimum Gasteiger partial charge on any atom is -0.303 e. The molecule has 0 spiro atoms. The Bertz CT molecular complexity index is 885. The third-order valence-corrected chi connectivity index (χ3v) is 5.96. The number of ketones is 1. The van der Waals surface area contributed by atoms with E-state index >= 15 is 0 Å². The molecule has 2 aliphatic rings. The number of likely N-dealkylation sites (tertiary alicyclic amines) is 1. The Morgan fingerprint density at radius 3 is 2.48 bits per heavy atom. The molecule has 8 heteroatoms. The summed E-state index contributed by atoms with van der Waals surface area (Å²) in [6.45, 7) is 4.11. The van der Waals surface area contributed by atoms with E-state index < -0.39 is 0 Å². The minimum absolute atomic E-state index is 0. The van der Waals surface area contributed by atoms with Gasteiger partial charge in [0.05, 0.1) is 0 Å². The summed E-state index contributed by atoms with van der Waals surface area (Å²) in [6.07, 6.45) is 5.61. The third-order valence-electron chi connectivity index (χ3n) is 5.96. The highest BCUT2D eigenvalue weighted by atomic mass is 35.5. The van der Waals surface area contributed by atoms with Crippen LogP contribution in [-0.2, 0) is 19.5 Å². The normalized spacial score (nSPS) is 17.6. The van der Waals surface area contributed by atoms with Crippen molar-refractivity contribution < 1.29 is 9.18 Å². The first-order valence-electron chi connectivity index (χ1n) is 10.3. The number of rotatable bonds is 6. The quantitative estimate of drug-likeness (QED) is 0.671. The lowest BCUT2D eigenvalue weighted by Gasteiger charge is -2.31.